The molecule has 0 spiro atoms. The van der Waals surface area contributed by atoms with Crippen LogP contribution in [-0.4, -0.2) is 31.5 Å². The van der Waals surface area contributed by atoms with Gasteiger partial charge in [0, 0.05) is 0 Å². The Balaban J connectivity index is 2.40. The highest BCUT2D eigenvalue weighted by atomic mass is 32.2. The molecule has 2 aromatic heterocycles. The molecule has 0 fully saturated rings. The predicted octanol–water partition coefficient (Wildman–Crippen LogP) is -0.0905. The van der Waals surface area contributed by atoms with Crippen molar-refractivity contribution in [1.82, 2.24) is 19.9 Å². The van der Waals surface area contributed by atoms with E-state index in [4.69, 9.17) is 5.73 Å². The van der Waals surface area contributed by atoms with Crippen LogP contribution in [0.4, 0.5) is 5.95 Å². The first kappa shape index (κ1) is 10.7. The molecule has 0 radical (unpaired) electrons. The van der Waals surface area contributed by atoms with Crippen LogP contribution in [0, 0.1) is 0 Å². The molecule has 0 aliphatic rings. The molecule has 0 aromatic carbocycles. The highest BCUT2D eigenvalue weighted by Crippen LogP contribution is 2.16. The summed E-state index contributed by atoms with van der Waals surface area (Å²) in [6.45, 7) is 1.48. The van der Waals surface area contributed by atoms with Crippen LogP contribution in [0.5, 0.6) is 0 Å². The van der Waals surface area contributed by atoms with Gasteiger partial charge in [-0.2, -0.15) is 4.98 Å². The van der Waals surface area contributed by atoms with E-state index in [0.717, 1.165) is 0 Å². The predicted molar refractivity (Wildman–Crippen MR) is 60.3 cm³/mol. The van der Waals surface area contributed by atoms with Gasteiger partial charge < -0.3 is 10.7 Å². The summed E-state index contributed by atoms with van der Waals surface area (Å²) in [5, 5.41) is 0.480. The quantitative estimate of drug-likeness (QED) is 0.644. The number of nitrogens with one attached hydrogen (secondary N) is 2. The van der Waals surface area contributed by atoms with Crippen molar-refractivity contribution in [2.45, 2.75) is 12.1 Å². The Morgan fingerprint density at radius 3 is 2.88 bits per heavy atom. The van der Waals surface area contributed by atoms with Gasteiger partial charge in [-0.15, -0.1) is 0 Å². The summed E-state index contributed by atoms with van der Waals surface area (Å²) in [6.07, 6.45) is 0. The zero-order valence-corrected chi connectivity index (χ0v) is 9.22. The Kier molecular flexibility index (Phi) is 2.65. The number of nitrogens with two attached hydrogens (primary N) is 1. The van der Waals surface area contributed by atoms with Crippen LogP contribution in [0.3, 0.4) is 0 Å². The Labute approximate surface area is 93.9 Å². The van der Waals surface area contributed by atoms with Crippen LogP contribution in [0.15, 0.2) is 9.95 Å². The number of fused-ring (bicyclic) bond motifs is 1. The maximum atomic E-state index is 11.4. The molecule has 0 saturated heterocycles. The summed E-state index contributed by atoms with van der Waals surface area (Å²) in [6, 6.07) is 0. The first-order valence-electron chi connectivity index (χ1n) is 4.44. The van der Waals surface area contributed by atoms with Crippen molar-refractivity contribution < 1.29 is 4.79 Å². The Morgan fingerprint density at radius 1 is 1.44 bits per heavy atom. The van der Waals surface area contributed by atoms with E-state index in [1.54, 1.807) is 0 Å². The van der Waals surface area contributed by atoms with Gasteiger partial charge in [0.15, 0.2) is 16.3 Å². The number of imidazole rings is 1. The number of H-pyrrole nitrogens is 2. The van der Waals surface area contributed by atoms with Gasteiger partial charge in [-0.1, -0.05) is 11.8 Å². The average molecular weight is 239 g/mol. The second-order valence-corrected chi connectivity index (χ2v) is 4.15. The van der Waals surface area contributed by atoms with Gasteiger partial charge in [0.25, 0.3) is 5.56 Å². The van der Waals surface area contributed by atoms with E-state index in [2.05, 4.69) is 19.9 Å². The number of nitrogen functional groups attached to an aromatic ring is 1. The fraction of sp³-hybridized carbons (Fsp3) is 0.250. The second kappa shape index (κ2) is 3.97. The van der Waals surface area contributed by atoms with Gasteiger partial charge in [0.1, 0.15) is 5.78 Å². The zero-order valence-electron chi connectivity index (χ0n) is 8.40. The number of carbonyl (C=O) groups is 1. The fourth-order valence-electron chi connectivity index (χ4n) is 1.14. The largest absolute Gasteiger partial charge is 0.369 e. The molecule has 7 nitrogen and oxygen atoms in total. The number of thioether (sulfide) groups is 1. The van der Waals surface area contributed by atoms with Gasteiger partial charge in [0.2, 0.25) is 5.95 Å². The smallest absolute Gasteiger partial charge is 0.278 e. The number of rotatable bonds is 3. The van der Waals surface area contributed by atoms with Crippen LogP contribution in [0.25, 0.3) is 11.2 Å². The third-order valence-electron chi connectivity index (χ3n) is 1.77. The number of Topliss-reactive ketones (excluding diaryl/α,β-unsaturated/α-hetero) is 1. The number of carbonyl (C=O) groups excluding carboxylic acids is 1. The van der Waals surface area contributed by atoms with Crippen molar-refractivity contribution in [2.75, 3.05) is 11.5 Å². The number of ketones is 1. The second-order valence-electron chi connectivity index (χ2n) is 3.18. The van der Waals surface area contributed by atoms with Crippen LogP contribution >= 0.6 is 11.8 Å². The van der Waals surface area contributed by atoms with Crippen LogP contribution in [0.2, 0.25) is 0 Å². The van der Waals surface area contributed by atoms with Gasteiger partial charge in [-0.3, -0.25) is 14.6 Å². The molecule has 0 atom stereocenters. The monoisotopic (exact) mass is 239 g/mol. The van der Waals surface area contributed by atoms with Crippen LogP contribution in [-0.2, 0) is 4.79 Å². The van der Waals surface area contributed by atoms with Gasteiger partial charge >= 0.3 is 0 Å². The van der Waals surface area contributed by atoms with Crippen LogP contribution in [0.1, 0.15) is 6.92 Å². The lowest BCUT2D eigenvalue weighted by Gasteiger charge is -1.90. The first-order chi connectivity index (χ1) is 7.56. The lowest BCUT2D eigenvalue weighted by molar-refractivity contribution is -0.114. The van der Waals surface area contributed by atoms with Crippen molar-refractivity contribution in [3.8, 4) is 0 Å². The zero-order chi connectivity index (χ0) is 11.7. The summed E-state index contributed by atoms with van der Waals surface area (Å²) in [4.78, 5) is 35.3. The lowest BCUT2D eigenvalue weighted by atomic mass is 10.5. The third-order valence-corrected chi connectivity index (χ3v) is 2.79. The molecule has 4 N–H and O–H groups in total. The van der Waals surface area contributed by atoms with Crippen molar-refractivity contribution in [2.24, 2.45) is 0 Å². The molecule has 84 valence electrons. The van der Waals surface area contributed by atoms with Crippen molar-refractivity contribution >= 4 is 34.7 Å². The Bertz CT molecular complexity index is 602. The minimum atomic E-state index is -0.371. The molecule has 0 aliphatic heterocycles. The minimum absolute atomic E-state index is 0.0205. The molecule has 0 amide bonds. The van der Waals surface area contributed by atoms with Crippen molar-refractivity contribution in [3.63, 3.8) is 0 Å². The maximum absolute atomic E-state index is 11.4. The number of hydrogen-bond acceptors (Lipinski definition) is 6. The Hall–Kier alpha value is -1.83. The summed E-state index contributed by atoms with van der Waals surface area (Å²) in [5.41, 5.74) is 5.52. The lowest BCUT2D eigenvalue weighted by Crippen LogP contribution is -2.10. The van der Waals surface area contributed by atoms with Gasteiger partial charge in [0.05, 0.1) is 5.75 Å². The number of aromatic nitrogens is 4. The van der Waals surface area contributed by atoms with Crippen molar-refractivity contribution in [1.29, 1.82) is 0 Å². The normalized spacial score (nSPS) is 10.8. The molecule has 0 saturated carbocycles. The molecule has 0 bridgehead atoms. The third kappa shape index (κ3) is 2.06. The van der Waals surface area contributed by atoms with E-state index in [1.807, 2.05) is 0 Å². The molecular formula is C8H9N5O2S. The summed E-state index contributed by atoms with van der Waals surface area (Å²) in [7, 11) is 0. The van der Waals surface area contributed by atoms with E-state index in [-0.39, 0.29) is 28.5 Å². The molecule has 2 rings (SSSR count). The Morgan fingerprint density at radius 2 is 2.19 bits per heavy atom. The molecule has 0 aliphatic carbocycles. The summed E-state index contributed by atoms with van der Waals surface area (Å²) in [5.74, 6) is 0.353. The standard InChI is InChI=1S/C8H9N5O2S/c1-3(14)2-16-8-10-4-5(12-8)11-7(9)13-6(4)15/h2H2,1H3,(H4,9,10,11,12,13,15). The van der Waals surface area contributed by atoms with E-state index < -0.39 is 0 Å². The van der Waals surface area contributed by atoms with E-state index in [9.17, 15) is 9.59 Å². The average Bonchev–Trinajstić information content (AvgIpc) is 2.57. The fourth-order valence-corrected chi connectivity index (χ4v) is 1.81. The highest BCUT2D eigenvalue weighted by Gasteiger charge is 2.09. The number of aromatic amines is 2. The molecular weight excluding hydrogens is 230 g/mol. The number of nitrogens with zero attached hydrogens (tertiary/aromatic N) is 2. The number of hydrogen-bond donors (Lipinski definition) is 3. The summed E-state index contributed by atoms with van der Waals surface area (Å²) >= 11 is 1.22. The molecule has 2 aromatic rings. The van der Waals surface area contributed by atoms with E-state index in [1.165, 1.54) is 18.7 Å². The van der Waals surface area contributed by atoms with E-state index >= 15 is 0 Å². The number of anilines is 1. The molecule has 8 heteroatoms. The molecule has 0 unspecified atom stereocenters. The molecule has 2 heterocycles. The maximum Gasteiger partial charge on any atom is 0.278 e. The van der Waals surface area contributed by atoms with Gasteiger partial charge in [-0.25, -0.2) is 4.98 Å². The molecule has 16 heavy (non-hydrogen) atoms. The topological polar surface area (TPSA) is 118 Å². The van der Waals surface area contributed by atoms with E-state index in [0.29, 0.717) is 10.9 Å². The first-order valence-corrected chi connectivity index (χ1v) is 5.42. The van der Waals surface area contributed by atoms with Crippen LogP contribution < -0.4 is 11.3 Å². The van der Waals surface area contributed by atoms with Gasteiger partial charge in [-0.05, 0) is 6.92 Å². The SMILES string of the molecule is CC(=O)CSc1nc2nc(N)[nH]c(=O)c2[nH]1. The summed E-state index contributed by atoms with van der Waals surface area (Å²) < 4.78 is 0. The minimum Gasteiger partial charge on any atom is -0.369 e. The highest BCUT2D eigenvalue weighted by molar-refractivity contribution is 7.99. The van der Waals surface area contributed by atoms with Crippen molar-refractivity contribution in [3.05, 3.63) is 10.4 Å².